The van der Waals surface area contributed by atoms with Crippen LogP contribution in [0.25, 0.3) is 11.3 Å². The van der Waals surface area contributed by atoms with Crippen LogP contribution in [0.5, 0.6) is 0 Å². The van der Waals surface area contributed by atoms with Gasteiger partial charge in [-0.3, -0.25) is 9.59 Å². The summed E-state index contributed by atoms with van der Waals surface area (Å²) in [5.41, 5.74) is 3.67. The quantitative estimate of drug-likeness (QED) is 0.440. The number of carbonyl (C=O) groups excluding carboxylic acids is 2. The molecule has 28 heavy (non-hydrogen) atoms. The van der Waals surface area contributed by atoms with E-state index >= 15 is 0 Å². The Morgan fingerprint density at radius 1 is 1.21 bits per heavy atom. The molecule has 0 atom stereocenters. The van der Waals surface area contributed by atoms with Crippen molar-refractivity contribution < 1.29 is 14.3 Å². The van der Waals surface area contributed by atoms with Gasteiger partial charge in [-0.05, 0) is 31.6 Å². The summed E-state index contributed by atoms with van der Waals surface area (Å²) < 4.78 is 7.35. The van der Waals surface area contributed by atoms with Gasteiger partial charge in [-0.2, -0.15) is 0 Å². The number of anilines is 1. The second kappa shape index (κ2) is 9.22. The molecule has 0 bridgehead atoms. The number of esters is 1. The number of aromatic nitrogens is 2. The van der Waals surface area contributed by atoms with E-state index in [4.69, 9.17) is 17.0 Å². The fourth-order valence-electron chi connectivity index (χ4n) is 2.54. The summed E-state index contributed by atoms with van der Waals surface area (Å²) in [6.07, 6.45) is 0.0906. The molecule has 3 rings (SSSR count). The molecule has 146 valence electrons. The number of hydrogen-bond donors (Lipinski definition) is 1. The van der Waals surface area contributed by atoms with E-state index < -0.39 is 0 Å². The molecule has 2 aromatic heterocycles. The van der Waals surface area contributed by atoms with Crippen LogP contribution >= 0.6 is 34.9 Å². The first kappa shape index (κ1) is 20.4. The van der Waals surface area contributed by atoms with Crippen molar-refractivity contribution in [2.24, 2.45) is 0 Å². The fraction of sp³-hybridized carbons (Fsp3) is 0.263. The summed E-state index contributed by atoms with van der Waals surface area (Å²) in [6, 6.07) is 8.09. The van der Waals surface area contributed by atoms with Gasteiger partial charge in [0.1, 0.15) is 6.54 Å². The number of ether oxygens (including phenoxy) is 1. The van der Waals surface area contributed by atoms with Crippen molar-refractivity contribution in [2.45, 2.75) is 26.8 Å². The van der Waals surface area contributed by atoms with Gasteiger partial charge in [-0.25, -0.2) is 4.98 Å². The molecule has 2 heterocycles. The smallest absolute Gasteiger partial charge is 0.311 e. The fourth-order valence-corrected chi connectivity index (χ4v) is 4.34. The van der Waals surface area contributed by atoms with Crippen LogP contribution < -0.4 is 5.32 Å². The number of amides is 1. The molecule has 3 aromatic rings. The third kappa shape index (κ3) is 5.12. The maximum atomic E-state index is 12.5. The van der Waals surface area contributed by atoms with Crippen molar-refractivity contribution in [2.75, 3.05) is 11.9 Å². The van der Waals surface area contributed by atoms with Crippen molar-refractivity contribution in [1.29, 1.82) is 0 Å². The third-order valence-corrected chi connectivity index (χ3v) is 5.94. The molecule has 0 unspecified atom stereocenters. The Morgan fingerprint density at radius 3 is 2.68 bits per heavy atom. The first-order valence-electron chi connectivity index (χ1n) is 8.61. The van der Waals surface area contributed by atoms with Crippen molar-refractivity contribution >= 4 is 51.9 Å². The molecule has 0 fully saturated rings. The zero-order valence-corrected chi connectivity index (χ0v) is 17.9. The van der Waals surface area contributed by atoms with Gasteiger partial charge >= 0.3 is 5.97 Å². The molecule has 0 radical (unpaired) electrons. The Hall–Kier alpha value is -2.36. The summed E-state index contributed by atoms with van der Waals surface area (Å²) in [5, 5.41) is 6.92. The van der Waals surface area contributed by atoms with Gasteiger partial charge in [0.25, 0.3) is 0 Å². The number of rotatable bonds is 7. The second-order valence-corrected chi connectivity index (χ2v) is 8.37. The molecule has 1 N–H and O–H groups in total. The van der Waals surface area contributed by atoms with Gasteiger partial charge in [0.2, 0.25) is 5.91 Å². The van der Waals surface area contributed by atoms with Gasteiger partial charge in [0, 0.05) is 10.8 Å². The summed E-state index contributed by atoms with van der Waals surface area (Å²) in [7, 11) is 0. The predicted octanol–water partition coefficient (Wildman–Crippen LogP) is 4.46. The number of thiazole rings is 2. The molecule has 0 aliphatic heterocycles. The highest BCUT2D eigenvalue weighted by Crippen LogP contribution is 2.25. The maximum Gasteiger partial charge on any atom is 0.311 e. The van der Waals surface area contributed by atoms with E-state index in [0.717, 1.165) is 11.3 Å². The van der Waals surface area contributed by atoms with Crippen LogP contribution in [0.15, 0.2) is 35.0 Å². The van der Waals surface area contributed by atoms with E-state index in [1.807, 2.05) is 41.1 Å². The molecule has 0 aliphatic rings. The first-order chi connectivity index (χ1) is 13.5. The molecule has 0 saturated heterocycles. The minimum atomic E-state index is -0.335. The van der Waals surface area contributed by atoms with Gasteiger partial charge < -0.3 is 14.6 Å². The van der Waals surface area contributed by atoms with Crippen LogP contribution in [0.2, 0.25) is 0 Å². The Balaban J connectivity index is 1.68. The van der Waals surface area contributed by atoms with Gasteiger partial charge in [-0.1, -0.05) is 29.8 Å². The monoisotopic (exact) mass is 433 g/mol. The Kier molecular flexibility index (Phi) is 6.71. The zero-order chi connectivity index (χ0) is 20.1. The number of nitrogens with zero attached hydrogens (tertiary/aromatic N) is 2. The van der Waals surface area contributed by atoms with Crippen molar-refractivity contribution in [1.82, 2.24) is 9.55 Å². The molecule has 1 amide bonds. The van der Waals surface area contributed by atoms with E-state index in [1.165, 1.54) is 28.2 Å². The molecule has 0 aliphatic carbocycles. The van der Waals surface area contributed by atoms with Gasteiger partial charge in [-0.15, -0.1) is 22.7 Å². The first-order valence-corrected chi connectivity index (χ1v) is 10.8. The van der Waals surface area contributed by atoms with E-state index in [-0.39, 0.29) is 24.8 Å². The average molecular weight is 434 g/mol. The Bertz CT molecular complexity index is 1030. The lowest BCUT2D eigenvalue weighted by Gasteiger charge is -2.09. The third-order valence-electron chi connectivity index (χ3n) is 3.86. The molecular weight excluding hydrogens is 414 g/mol. The highest BCUT2D eigenvalue weighted by Gasteiger charge is 2.14. The van der Waals surface area contributed by atoms with Crippen LogP contribution in [0.3, 0.4) is 0 Å². The Morgan fingerprint density at radius 2 is 1.96 bits per heavy atom. The van der Waals surface area contributed by atoms with Crippen LogP contribution in [0.1, 0.15) is 18.2 Å². The average Bonchev–Trinajstić information content (AvgIpc) is 3.23. The molecule has 9 heteroatoms. The number of hydrogen-bond acceptors (Lipinski definition) is 7. The van der Waals surface area contributed by atoms with E-state index in [0.29, 0.717) is 21.4 Å². The molecule has 0 saturated carbocycles. The lowest BCUT2D eigenvalue weighted by molar-refractivity contribution is -0.142. The second-order valence-electron chi connectivity index (χ2n) is 6.01. The van der Waals surface area contributed by atoms with Crippen molar-refractivity contribution in [3.05, 3.63) is 50.2 Å². The highest BCUT2D eigenvalue weighted by atomic mass is 32.1. The van der Waals surface area contributed by atoms with E-state index in [2.05, 4.69) is 10.3 Å². The molecular formula is C19H19N3O3S3. The topological polar surface area (TPSA) is 73.2 Å². The SMILES string of the molecule is CCOC(=O)Cc1csc(NC(=O)Cn2c(-c3ccc(C)cc3)csc2=S)n1. The van der Waals surface area contributed by atoms with E-state index in [1.54, 1.807) is 12.3 Å². The normalized spacial score (nSPS) is 10.6. The van der Waals surface area contributed by atoms with Gasteiger partial charge in [0.05, 0.1) is 24.4 Å². The minimum Gasteiger partial charge on any atom is -0.466 e. The number of nitrogens with one attached hydrogen (secondary N) is 1. The van der Waals surface area contributed by atoms with Crippen molar-refractivity contribution in [3.8, 4) is 11.3 Å². The molecule has 0 spiro atoms. The van der Waals surface area contributed by atoms with Crippen LogP contribution in [-0.2, 0) is 27.3 Å². The largest absolute Gasteiger partial charge is 0.466 e. The lowest BCUT2D eigenvalue weighted by Crippen LogP contribution is -2.19. The predicted molar refractivity (Wildman–Crippen MR) is 114 cm³/mol. The number of aryl methyl sites for hydroxylation is 1. The van der Waals surface area contributed by atoms with Crippen molar-refractivity contribution in [3.63, 3.8) is 0 Å². The van der Waals surface area contributed by atoms with Crippen LogP contribution in [0.4, 0.5) is 5.13 Å². The van der Waals surface area contributed by atoms with E-state index in [9.17, 15) is 9.59 Å². The number of benzene rings is 1. The minimum absolute atomic E-state index is 0.0906. The summed E-state index contributed by atoms with van der Waals surface area (Å²) in [5.74, 6) is -0.558. The maximum absolute atomic E-state index is 12.5. The number of carbonyl (C=O) groups is 2. The van der Waals surface area contributed by atoms with Crippen LogP contribution in [0, 0.1) is 10.9 Å². The lowest BCUT2D eigenvalue weighted by atomic mass is 10.1. The van der Waals surface area contributed by atoms with Gasteiger partial charge in [0.15, 0.2) is 9.09 Å². The highest BCUT2D eigenvalue weighted by molar-refractivity contribution is 7.73. The summed E-state index contributed by atoms with van der Waals surface area (Å²) >= 11 is 8.10. The summed E-state index contributed by atoms with van der Waals surface area (Å²) in [6.45, 7) is 4.21. The Labute approximate surface area is 175 Å². The zero-order valence-electron chi connectivity index (χ0n) is 15.4. The summed E-state index contributed by atoms with van der Waals surface area (Å²) in [4.78, 5) is 28.3. The van der Waals surface area contributed by atoms with Crippen LogP contribution in [-0.4, -0.2) is 28.0 Å². The molecule has 6 nitrogen and oxygen atoms in total. The standard InChI is InChI=1S/C19H19N3O3S3/c1-3-25-17(24)8-14-10-27-18(20-14)21-16(23)9-22-15(11-28-19(22)26)13-6-4-12(2)5-7-13/h4-7,10-11H,3,8-9H2,1-2H3,(H,20,21,23). The molecule has 1 aromatic carbocycles.